The van der Waals surface area contributed by atoms with Gasteiger partial charge < -0.3 is 0 Å². The summed E-state index contributed by atoms with van der Waals surface area (Å²) < 4.78 is 28.0. The molecular formula is C21H23N3O3S2. The van der Waals surface area contributed by atoms with Crippen LogP contribution in [0.25, 0.3) is 10.2 Å². The van der Waals surface area contributed by atoms with Gasteiger partial charge in [-0.05, 0) is 68.1 Å². The summed E-state index contributed by atoms with van der Waals surface area (Å²) in [6.45, 7) is 5.15. The Hall–Kier alpha value is -2.29. The predicted molar refractivity (Wildman–Crippen MR) is 116 cm³/mol. The van der Waals surface area contributed by atoms with Crippen molar-refractivity contribution in [3.8, 4) is 0 Å². The van der Waals surface area contributed by atoms with Crippen molar-refractivity contribution in [2.24, 2.45) is 0 Å². The van der Waals surface area contributed by atoms with Gasteiger partial charge in [-0.15, -0.1) is 0 Å². The van der Waals surface area contributed by atoms with Crippen molar-refractivity contribution in [3.63, 3.8) is 0 Å². The van der Waals surface area contributed by atoms with Gasteiger partial charge in [0.15, 0.2) is 5.13 Å². The molecule has 3 aromatic rings. The number of rotatable bonds is 4. The van der Waals surface area contributed by atoms with Gasteiger partial charge in [0.05, 0.1) is 15.1 Å². The summed E-state index contributed by atoms with van der Waals surface area (Å²) >= 11 is 1.43. The lowest BCUT2D eigenvalue weighted by molar-refractivity contribution is 0.102. The van der Waals surface area contributed by atoms with Crippen LogP contribution >= 0.6 is 11.3 Å². The summed E-state index contributed by atoms with van der Waals surface area (Å²) in [5, 5.41) is 3.36. The number of carbonyl (C=O) groups is 1. The summed E-state index contributed by atoms with van der Waals surface area (Å²) in [6, 6.07) is 10.2. The molecule has 0 saturated carbocycles. The summed E-state index contributed by atoms with van der Waals surface area (Å²) in [5.41, 5.74) is 3.51. The van der Waals surface area contributed by atoms with Crippen molar-refractivity contribution < 1.29 is 13.2 Å². The minimum atomic E-state index is -3.50. The van der Waals surface area contributed by atoms with Gasteiger partial charge in [0, 0.05) is 18.7 Å². The van der Waals surface area contributed by atoms with Gasteiger partial charge in [-0.3, -0.25) is 10.1 Å². The second-order valence-corrected chi connectivity index (χ2v) is 10.4. The lowest BCUT2D eigenvalue weighted by Crippen LogP contribution is -2.35. The molecule has 1 fully saturated rings. The largest absolute Gasteiger partial charge is 0.298 e. The van der Waals surface area contributed by atoms with Crippen LogP contribution in [0, 0.1) is 13.8 Å². The zero-order valence-electron chi connectivity index (χ0n) is 16.4. The molecule has 8 heteroatoms. The average molecular weight is 430 g/mol. The van der Waals surface area contributed by atoms with E-state index in [1.807, 2.05) is 13.8 Å². The molecule has 1 saturated heterocycles. The number of carbonyl (C=O) groups excluding carboxylic acids is 1. The zero-order valence-corrected chi connectivity index (χ0v) is 18.1. The average Bonchev–Trinajstić information content (AvgIpc) is 3.11. The first-order chi connectivity index (χ1) is 13.8. The molecule has 0 bridgehead atoms. The number of aryl methyl sites for hydroxylation is 2. The Labute approximate surface area is 174 Å². The molecule has 1 aliphatic rings. The molecule has 0 spiro atoms. The van der Waals surface area contributed by atoms with Crippen LogP contribution in [0.5, 0.6) is 0 Å². The van der Waals surface area contributed by atoms with Gasteiger partial charge >= 0.3 is 0 Å². The van der Waals surface area contributed by atoms with E-state index >= 15 is 0 Å². The highest BCUT2D eigenvalue weighted by molar-refractivity contribution is 7.89. The summed E-state index contributed by atoms with van der Waals surface area (Å²) in [4.78, 5) is 17.3. The Balaban J connectivity index is 1.52. The maximum Gasteiger partial charge on any atom is 0.257 e. The maximum absolute atomic E-state index is 12.7. The predicted octanol–water partition coefficient (Wildman–Crippen LogP) is 4.34. The first-order valence-corrected chi connectivity index (χ1v) is 11.9. The number of fused-ring (bicyclic) bond motifs is 1. The fourth-order valence-electron chi connectivity index (χ4n) is 3.63. The highest BCUT2D eigenvalue weighted by Crippen LogP contribution is 2.29. The Morgan fingerprint density at radius 3 is 2.45 bits per heavy atom. The van der Waals surface area contributed by atoms with Crippen LogP contribution in [0.1, 0.15) is 40.7 Å². The monoisotopic (exact) mass is 429 g/mol. The van der Waals surface area contributed by atoms with Crippen molar-refractivity contribution >= 4 is 42.6 Å². The van der Waals surface area contributed by atoms with Gasteiger partial charge in [0.2, 0.25) is 10.0 Å². The lowest BCUT2D eigenvalue weighted by Gasteiger charge is -2.25. The maximum atomic E-state index is 12.7. The second-order valence-electron chi connectivity index (χ2n) is 7.39. The van der Waals surface area contributed by atoms with Crippen LogP contribution in [0.2, 0.25) is 0 Å². The van der Waals surface area contributed by atoms with Gasteiger partial charge in [-0.2, -0.15) is 4.31 Å². The van der Waals surface area contributed by atoms with Crippen LogP contribution in [0.15, 0.2) is 41.3 Å². The van der Waals surface area contributed by atoms with Crippen molar-refractivity contribution in [1.82, 2.24) is 9.29 Å². The highest BCUT2D eigenvalue weighted by atomic mass is 32.2. The Morgan fingerprint density at radius 2 is 1.76 bits per heavy atom. The Morgan fingerprint density at radius 1 is 1.07 bits per heavy atom. The number of piperidine rings is 1. The standard InChI is InChI=1S/C21H23N3O3S2/c1-14-12-15(2)19-18(13-14)28-21(22-19)23-20(25)16-6-8-17(9-7-16)29(26,27)24-10-4-3-5-11-24/h6-9,12-13H,3-5,10-11H2,1-2H3,(H,22,23,25). The fraction of sp³-hybridized carbons (Fsp3) is 0.333. The third kappa shape index (κ3) is 4.05. The van der Waals surface area contributed by atoms with E-state index in [0.717, 1.165) is 40.6 Å². The molecule has 1 amide bonds. The number of nitrogens with one attached hydrogen (secondary N) is 1. The normalized spacial score (nSPS) is 15.5. The molecule has 1 N–H and O–H groups in total. The van der Waals surface area contributed by atoms with E-state index in [2.05, 4.69) is 22.4 Å². The first kappa shape index (κ1) is 20.0. The highest BCUT2D eigenvalue weighted by Gasteiger charge is 2.26. The number of amides is 1. The molecule has 152 valence electrons. The molecule has 0 atom stereocenters. The van der Waals surface area contributed by atoms with Gasteiger partial charge in [0.25, 0.3) is 5.91 Å². The molecule has 1 aromatic heterocycles. The number of thiazole rings is 1. The SMILES string of the molecule is Cc1cc(C)c2nc(NC(=O)c3ccc(S(=O)(=O)N4CCCCC4)cc3)sc2c1. The number of hydrogen-bond acceptors (Lipinski definition) is 5. The third-order valence-corrected chi connectivity index (χ3v) is 7.95. The van der Waals surface area contributed by atoms with Crippen LogP contribution in [0.4, 0.5) is 5.13 Å². The van der Waals surface area contributed by atoms with E-state index in [1.54, 1.807) is 12.1 Å². The minimum Gasteiger partial charge on any atom is -0.298 e. The van der Waals surface area contributed by atoms with Crippen molar-refractivity contribution in [1.29, 1.82) is 0 Å². The van der Waals surface area contributed by atoms with Crippen LogP contribution in [-0.2, 0) is 10.0 Å². The van der Waals surface area contributed by atoms with E-state index in [4.69, 9.17) is 0 Å². The van der Waals surface area contributed by atoms with Gasteiger partial charge in [-0.1, -0.05) is 23.8 Å². The fourth-order valence-corrected chi connectivity index (χ4v) is 6.18. The molecule has 4 rings (SSSR count). The zero-order chi connectivity index (χ0) is 20.6. The summed E-state index contributed by atoms with van der Waals surface area (Å²) in [5.74, 6) is -0.305. The molecular weight excluding hydrogens is 406 g/mol. The van der Waals surface area contributed by atoms with E-state index in [0.29, 0.717) is 23.8 Å². The van der Waals surface area contributed by atoms with Crippen molar-refractivity contribution in [2.75, 3.05) is 18.4 Å². The number of hydrogen-bond donors (Lipinski definition) is 1. The quantitative estimate of drug-likeness (QED) is 0.669. The van der Waals surface area contributed by atoms with Crippen molar-refractivity contribution in [2.45, 2.75) is 38.0 Å². The van der Waals surface area contributed by atoms with E-state index in [9.17, 15) is 13.2 Å². The lowest BCUT2D eigenvalue weighted by atomic mass is 10.1. The van der Waals surface area contributed by atoms with Crippen LogP contribution in [0.3, 0.4) is 0 Å². The molecule has 2 heterocycles. The smallest absolute Gasteiger partial charge is 0.257 e. The number of nitrogens with zero attached hydrogens (tertiary/aromatic N) is 2. The summed E-state index contributed by atoms with van der Waals surface area (Å²) in [6.07, 6.45) is 2.85. The number of aromatic nitrogens is 1. The van der Waals surface area contributed by atoms with Gasteiger partial charge in [-0.25, -0.2) is 13.4 Å². The second kappa shape index (κ2) is 7.85. The van der Waals surface area contributed by atoms with Crippen LogP contribution in [-0.4, -0.2) is 36.7 Å². The topological polar surface area (TPSA) is 79.4 Å². The molecule has 0 radical (unpaired) electrons. The molecule has 6 nitrogen and oxygen atoms in total. The Bertz CT molecular complexity index is 1160. The molecule has 2 aromatic carbocycles. The summed E-state index contributed by atoms with van der Waals surface area (Å²) in [7, 11) is -3.50. The van der Waals surface area contributed by atoms with E-state index in [-0.39, 0.29) is 10.8 Å². The Kier molecular flexibility index (Phi) is 5.42. The molecule has 0 aliphatic carbocycles. The third-order valence-electron chi connectivity index (χ3n) is 5.12. The first-order valence-electron chi connectivity index (χ1n) is 9.64. The van der Waals surface area contributed by atoms with Crippen LogP contribution < -0.4 is 5.32 Å². The van der Waals surface area contributed by atoms with Crippen molar-refractivity contribution in [3.05, 3.63) is 53.1 Å². The number of sulfonamides is 1. The number of anilines is 1. The molecule has 29 heavy (non-hydrogen) atoms. The molecule has 0 unspecified atom stereocenters. The number of benzene rings is 2. The van der Waals surface area contributed by atoms with E-state index < -0.39 is 10.0 Å². The molecule has 1 aliphatic heterocycles. The van der Waals surface area contributed by atoms with E-state index in [1.165, 1.54) is 27.8 Å². The minimum absolute atomic E-state index is 0.224. The van der Waals surface area contributed by atoms with Gasteiger partial charge in [0.1, 0.15) is 0 Å².